The lowest BCUT2D eigenvalue weighted by molar-refractivity contribution is -0.910. The zero-order valence-corrected chi connectivity index (χ0v) is 85.4. The summed E-state index contributed by atoms with van der Waals surface area (Å²) in [6.07, 6.45) is 128. The molecule has 0 aliphatic heterocycles. The predicted molar refractivity (Wildman–Crippen MR) is 486 cm³/mol. The van der Waals surface area contributed by atoms with Gasteiger partial charge in [0.2, 0.25) is 5.91 Å². The number of nitrogens with two attached hydrogens (primary N) is 1. The van der Waals surface area contributed by atoms with Crippen LogP contribution >= 0.6 is 0 Å². The molecule has 48 nitrogen and oxygen atoms in total. The first-order valence-corrected chi connectivity index (χ1v) is 54.2. The Morgan fingerprint density at radius 2 is 0.191 bits per heavy atom. The van der Waals surface area contributed by atoms with Gasteiger partial charge in [0, 0.05) is 147 Å². The fourth-order valence-corrected chi connectivity index (χ4v) is 16.5. The van der Waals surface area contributed by atoms with Gasteiger partial charge in [-0.05, 0) is 93.5 Å². The van der Waals surface area contributed by atoms with Gasteiger partial charge in [-0.2, -0.15) is 0 Å². The van der Waals surface area contributed by atoms with E-state index in [2.05, 4.69) is 222 Å². The van der Waals surface area contributed by atoms with E-state index in [9.17, 15) is 4.79 Å². The van der Waals surface area contributed by atoms with E-state index in [1.165, 1.54) is 546 Å². The van der Waals surface area contributed by atoms with Gasteiger partial charge in [0.15, 0.2) is 0 Å². The van der Waals surface area contributed by atoms with Gasteiger partial charge in [-0.25, -0.2) is 10.1 Å². The monoisotopic (exact) mass is 2070 g/mol. The van der Waals surface area contributed by atoms with Gasteiger partial charge in [-0.1, -0.05) is 565 Å². The maximum absolute atomic E-state index is 10.8. The van der Waals surface area contributed by atoms with E-state index >= 15 is 0 Å². The van der Waals surface area contributed by atoms with E-state index in [0.29, 0.717) is 6.42 Å². The highest BCUT2D eigenvalue weighted by Crippen LogP contribution is 2.24. The second-order valence-electron chi connectivity index (χ2n) is 35.9. The van der Waals surface area contributed by atoms with Crippen molar-refractivity contribution in [1.82, 2.24) is 0 Å². The van der Waals surface area contributed by atoms with Crippen molar-refractivity contribution in [3.05, 3.63) is 0 Å². The Hall–Kier alpha value is -2.37. The molecule has 1 amide bonds. The molecule has 0 aromatic carbocycles. The van der Waals surface area contributed by atoms with E-state index < -0.39 is 0 Å². The highest BCUT2D eigenvalue weighted by Gasteiger charge is 2.10. The molecule has 0 saturated carbocycles. The van der Waals surface area contributed by atoms with E-state index in [4.69, 9.17) is 15.9 Å². The Labute approximate surface area is 836 Å². The van der Waals surface area contributed by atoms with Crippen LogP contribution in [0.1, 0.15) is 584 Å². The predicted octanol–water partition coefficient (Wildman–Crippen LogP) is 31.5. The molecule has 0 radical (unpaired) electrons. The van der Waals surface area contributed by atoms with Crippen LogP contribution in [0.5, 0.6) is 0 Å². The fourth-order valence-electron chi connectivity index (χ4n) is 16.5. The molecule has 0 atom stereocenters. The quantitative estimate of drug-likeness (QED) is 0.0324. The lowest BCUT2D eigenvalue weighted by Crippen LogP contribution is -2.09. The molecular formula is C93H187NO47. The summed E-state index contributed by atoms with van der Waals surface area (Å²) in [5.41, 5.74) is 5.21. The van der Waals surface area contributed by atoms with Crippen LogP contribution in [-0.2, 0) is 231 Å². The molecule has 0 spiro atoms. The maximum Gasteiger partial charge on any atom is 0.217 e. The Morgan fingerprint density at radius 3 is 0.284 bits per heavy atom. The highest BCUT2D eigenvalue weighted by atomic mass is 18.0. The molecule has 141 heavy (non-hydrogen) atoms. The Balaban J connectivity index is 3.11. The largest absolute Gasteiger partial charge is 0.370 e. The number of carbonyl (C=O) groups is 1. The third-order valence-corrected chi connectivity index (χ3v) is 24.1. The van der Waals surface area contributed by atoms with Gasteiger partial charge in [0.05, 0.1) is 6.61 Å². The molecule has 0 bridgehead atoms. The first-order chi connectivity index (χ1) is 70.3. The fraction of sp³-hybridized carbons (Fsp3) is 0.989. The van der Waals surface area contributed by atoms with Crippen molar-refractivity contribution in [2.24, 2.45) is 5.73 Å². The van der Waals surface area contributed by atoms with E-state index in [1.807, 2.05) is 0 Å². The Bertz CT molecular complexity index is 1980. The number of carbonyl (C=O) groups excluding carboxylic acids is 1. The summed E-state index contributed by atoms with van der Waals surface area (Å²) in [6.45, 7) is 0.250. The number of unbranched alkanes of at least 4 members (excludes halogenated alkanes) is 89. The minimum absolute atomic E-state index is 0.151. The molecule has 0 unspecified atom stereocenters. The summed E-state index contributed by atoms with van der Waals surface area (Å²) in [6, 6.07) is 0. The summed E-state index contributed by atoms with van der Waals surface area (Å²) < 4.78 is 0. The first-order valence-electron chi connectivity index (χ1n) is 54.2. The molecule has 3 N–H and O–H groups in total. The molecule has 0 saturated heterocycles. The number of primary amides is 1. The second-order valence-corrected chi connectivity index (χ2v) is 35.9. The van der Waals surface area contributed by atoms with E-state index in [-0.39, 0.29) is 12.5 Å². The zero-order chi connectivity index (χ0) is 100. The molecule has 0 fully saturated rings. The molecule has 0 aliphatic rings. The Kier molecular flexibility index (Phi) is 133. The van der Waals surface area contributed by atoms with Gasteiger partial charge in [0.25, 0.3) is 0 Å². The summed E-state index contributed by atoms with van der Waals surface area (Å²) in [5.74, 6) is -0.151. The molecule has 0 aromatic rings. The molecular weight excluding hydrogens is 1880 g/mol. The van der Waals surface area contributed by atoms with Crippen LogP contribution in [0.2, 0.25) is 0 Å². The molecule has 846 valence electrons. The Morgan fingerprint density at radius 1 is 0.113 bits per heavy atom. The minimum atomic E-state index is -0.151. The van der Waals surface area contributed by atoms with Crippen molar-refractivity contribution in [3.63, 3.8) is 0 Å². The van der Waals surface area contributed by atoms with Gasteiger partial charge in [-0.15, -0.1) is 0 Å². The number of hydrogen-bond donors (Lipinski definition) is 2. The third kappa shape index (κ3) is 138. The van der Waals surface area contributed by atoms with Crippen LogP contribution in [-0.4, -0.2) is 17.8 Å². The average Bonchev–Trinajstić information content (AvgIpc) is 1.11. The number of rotatable bonds is 137. The van der Waals surface area contributed by atoms with Gasteiger partial charge in [0.1, 0.15) is 0 Å². The second kappa shape index (κ2) is 136. The lowest BCUT2D eigenvalue weighted by atomic mass is 10.0. The number of hydrogen-bond acceptors (Lipinski definition) is 47. The van der Waals surface area contributed by atoms with E-state index in [0.717, 1.165) is 32.1 Å². The van der Waals surface area contributed by atoms with Gasteiger partial charge >= 0.3 is 0 Å². The third-order valence-electron chi connectivity index (χ3n) is 24.1. The zero-order valence-electron chi connectivity index (χ0n) is 85.4. The van der Waals surface area contributed by atoms with Crippen molar-refractivity contribution in [1.29, 1.82) is 0 Å². The highest BCUT2D eigenvalue weighted by molar-refractivity contribution is 5.73. The van der Waals surface area contributed by atoms with Crippen molar-refractivity contribution in [2.75, 3.05) is 6.61 Å². The summed E-state index contributed by atoms with van der Waals surface area (Å²) in [4.78, 5) is 15.6. The molecule has 0 rings (SSSR count). The minimum Gasteiger partial charge on any atom is -0.370 e. The van der Waals surface area contributed by atoms with Crippen LogP contribution in [0.3, 0.4) is 0 Å². The van der Waals surface area contributed by atoms with Crippen LogP contribution in [0.4, 0.5) is 0 Å². The molecule has 48 heteroatoms. The van der Waals surface area contributed by atoms with Crippen molar-refractivity contribution >= 4 is 5.91 Å². The topological polar surface area (TPSA) is 479 Å². The summed E-state index contributed by atoms with van der Waals surface area (Å²) >= 11 is 0. The molecule has 0 aliphatic carbocycles. The first kappa shape index (κ1) is 139. The summed E-state index contributed by atoms with van der Waals surface area (Å²) in [5, 5.41) is 166. The van der Waals surface area contributed by atoms with Crippen molar-refractivity contribution in [2.45, 2.75) is 584 Å². The van der Waals surface area contributed by atoms with Crippen LogP contribution in [0, 0.1) is 0 Å². The van der Waals surface area contributed by atoms with Gasteiger partial charge in [-0.3, -0.25) is 4.79 Å². The van der Waals surface area contributed by atoms with Crippen molar-refractivity contribution in [3.8, 4) is 0 Å². The lowest BCUT2D eigenvalue weighted by Gasteiger charge is -2.05. The standard InChI is InChI=1S/C93H187NO47/c94-93(95)91-89-87-85-83-81-79-77-75-73-71-69-67-65-63-61-59-57-55-53-51-49-47-45-43-41-39-37-35-33-31-29-27-25-23-21-19-17-15-13-11-9-7-5-3-1-2-4-6-8-10-12-14-16-18-20-22-24-26-28-30-32-34-36-38-40-42-44-46-48-50-52-54-56-58-60-62-64-66-68-70-72-74-76-78-80-82-84-86-88-90-92-97-99-101-103-105-107-109-111-113-115-117-119-121-123-125-127-129-131-133-135-137-139-141-140-138-136-134-132-130-128-126-124-122-120-118-116-114-112-110-108-106-104-102-100-98-96/h96H,1-92H2,(H2,94,95). The maximum atomic E-state index is 10.8. The number of amides is 1. The van der Waals surface area contributed by atoms with Crippen LogP contribution in [0.15, 0.2) is 0 Å². The van der Waals surface area contributed by atoms with E-state index in [1.54, 1.807) is 0 Å². The average molecular weight is 2070 g/mol. The van der Waals surface area contributed by atoms with Crippen LogP contribution in [0.25, 0.3) is 0 Å². The normalized spacial score (nSPS) is 11.8. The molecule has 0 aromatic heterocycles. The van der Waals surface area contributed by atoms with Gasteiger partial charge < -0.3 is 5.73 Å². The summed E-state index contributed by atoms with van der Waals surface area (Å²) in [7, 11) is 0. The smallest absolute Gasteiger partial charge is 0.217 e. The SMILES string of the molecule is NC(=O)CCCCCCCCCCCCCCCCCCCCCCCCCCCCCCCCCCCCCCCCCCCCCCCCCCCCCCCCCCCCCCCCCCCCCCCCCCCCCCCCCCCCCCCCCCCCOOOOOOOOOOOOOOOOOOOOOOOOOOOOOOOOOOOOOOOOOOOOOO. The molecule has 0 heterocycles. The van der Waals surface area contributed by atoms with Crippen LogP contribution < -0.4 is 5.73 Å². The van der Waals surface area contributed by atoms with Crippen molar-refractivity contribution < 1.29 is 237 Å².